The largest absolute Gasteiger partial charge is 0.497 e. The van der Waals surface area contributed by atoms with Crippen LogP contribution in [0.3, 0.4) is 0 Å². The molecule has 0 saturated carbocycles. The first kappa shape index (κ1) is 17.2. The van der Waals surface area contributed by atoms with Crippen LogP contribution in [-0.4, -0.2) is 18.5 Å². The molecule has 1 aromatic heterocycles. The van der Waals surface area contributed by atoms with Gasteiger partial charge in [0.1, 0.15) is 22.7 Å². The molecule has 0 amide bonds. The van der Waals surface area contributed by atoms with Crippen molar-refractivity contribution in [2.75, 3.05) is 7.11 Å². The summed E-state index contributed by atoms with van der Waals surface area (Å²) < 4.78 is 17.0. The summed E-state index contributed by atoms with van der Waals surface area (Å²) >= 11 is 0. The summed E-state index contributed by atoms with van der Waals surface area (Å²) in [5, 5.41) is 0.878. The maximum Gasteiger partial charge on any atom is 0.221 e. The molecule has 1 aliphatic rings. The normalized spacial score (nSPS) is 14.9. The van der Waals surface area contributed by atoms with Crippen LogP contribution < -0.4 is 9.47 Å². The molecule has 27 heavy (non-hydrogen) atoms. The number of rotatable bonds is 4. The van der Waals surface area contributed by atoms with Gasteiger partial charge in [0.2, 0.25) is 5.78 Å². The molecule has 4 nitrogen and oxygen atoms in total. The van der Waals surface area contributed by atoms with Gasteiger partial charge in [-0.3, -0.25) is 4.79 Å². The number of carbonyl (C=O) groups is 1. The molecule has 0 saturated heterocycles. The predicted octanol–water partition coefficient (Wildman–Crippen LogP) is 5.52. The summed E-state index contributed by atoms with van der Waals surface area (Å²) in [4.78, 5) is 12.5. The number of benzene rings is 2. The van der Waals surface area contributed by atoms with Gasteiger partial charge in [-0.1, -0.05) is 18.2 Å². The number of allylic oxidation sites excluding steroid dienone is 1. The number of furan rings is 1. The quantitative estimate of drug-likeness (QED) is 0.454. The minimum absolute atomic E-state index is 0.184. The highest BCUT2D eigenvalue weighted by molar-refractivity contribution is 6.07. The standard InChI is InChI=1S/C23H20O4/c1-23(2)13-12-18-20(27-23)11-7-16-14-21(26-22(16)18)19(24)10-6-15-4-8-17(25-3)9-5-15/h4-14H,1-3H3/b10-6+. The Morgan fingerprint density at radius 3 is 2.63 bits per heavy atom. The minimum Gasteiger partial charge on any atom is -0.497 e. The van der Waals surface area contributed by atoms with Gasteiger partial charge < -0.3 is 13.9 Å². The van der Waals surface area contributed by atoms with Gasteiger partial charge in [0.05, 0.1) is 12.7 Å². The zero-order valence-corrected chi connectivity index (χ0v) is 15.5. The van der Waals surface area contributed by atoms with E-state index in [2.05, 4.69) is 0 Å². The molecule has 4 heteroatoms. The van der Waals surface area contributed by atoms with E-state index in [4.69, 9.17) is 13.9 Å². The molecule has 0 unspecified atom stereocenters. The van der Waals surface area contributed by atoms with Crippen LogP contribution in [0.5, 0.6) is 11.5 Å². The molecule has 0 aliphatic carbocycles. The van der Waals surface area contributed by atoms with Gasteiger partial charge in [-0.2, -0.15) is 0 Å². The lowest BCUT2D eigenvalue weighted by Gasteiger charge is -2.27. The molecule has 0 atom stereocenters. The Labute approximate surface area is 157 Å². The number of hydrogen-bond donors (Lipinski definition) is 0. The maximum atomic E-state index is 12.5. The zero-order chi connectivity index (χ0) is 19.0. The van der Waals surface area contributed by atoms with E-state index < -0.39 is 0 Å². The van der Waals surface area contributed by atoms with Crippen LogP contribution in [0.1, 0.15) is 35.5 Å². The first-order valence-corrected chi connectivity index (χ1v) is 8.76. The van der Waals surface area contributed by atoms with E-state index in [9.17, 15) is 4.79 Å². The molecular formula is C23H20O4. The number of ether oxygens (including phenoxy) is 2. The van der Waals surface area contributed by atoms with Crippen molar-refractivity contribution in [3.63, 3.8) is 0 Å². The first-order chi connectivity index (χ1) is 12.9. The topological polar surface area (TPSA) is 48.7 Å². The second-order valence-electron chi connectivity index (χ2n) is 7.02. The predicted molar refractivity (Wildman–Crippen MR) is 106 cm³/mol. The molecule has 3 aromatic rings. The number of hydrogen-bond acceptors (Lipinski definition) is 4. The van der Waals surface area contributed by atoms with Crippen LogP contribution in [0, 0.1) is 0 Å². The highest BCUT2D eigenvalue weighted by Gasteiger charge is 2.24. The van der Waals surface area contributed by atoms with Crippen molar-refractivity contribution < 1.29 is 18.7 Å². The van der Waals surface area contributed by atoms with Gasteiger partial charge in [0, 0.05) is 5.39 Å². The second-order valence-corrected chi connectivity index (χ2v) is 7.02. The fourth-order valence-electron chi connectivity index (χ4n) is 3.05. The van der Waals surface area contributed by atoms with E-state index >= 15 is 0 Å². The third-order valence-electron chi connectivity index (χ3n) is 4.50. The van der Waals surface area contributed by atoms with Crippen LogP contribution >= 0.6 is 0 Å². The SMILES string of the molecule is COc1ccc(/C=C/C(=O)c2cc3ccc4c(c3o2)C=CC(C)(C)O4)cc1. The monoisotopic (exact) mass is 360 g/mol. The average molecular weight is 360 g/mol. The third kappa shape index (κ3) is 3.38. The third-order valence-corrected chi connectivity index (χ3v) is 4.50. The number of carbonyl (C=O) groups excluding carboxylic acids is 1. The highest BCUT2D eigenvalue weighted by atomic mass is 16.5. The van der Waals surface area contributed by atoms with E-state index in [0.717, 1.165) is 28.0 Å². The lowest BCUT2D eigenvalue weighted by atomic mass is 10.0. The molecule has 0 spiro atoms. The Morgan fingerprint density at radius 2 is 1.89 bits per heavy atom. The molecule has 0 fully saturated rings. The lowest BCUT2D eigenvalue weighted by molar-refractivity contribution is 0.102. The van der Waals surface area contributed by atoms with E-state index in [1.54, 1.807) is 19.3 Å². The smallest absolute Gasteiger partial charge is 0.221 e. The van der Waals surface area contributed by atoms with Gasteiger partial charge >= 0.3 is 0 Å². The van der Waals surface area contributed by atoms with Gasteiger partial charge in [-0.25, -0.2) is 0 Å². The molecule has 0 bridgehead atoms. The summed E-state index contributed by atoms with van der Waals surface area (Å²) in [5.41, 5.74) is 2.09. The summed E-state index contributed by atoms with van der Waals surface area (Å²) in [7, 11) is 1.62. The van der Waals surface area contributed by atoms with Crippen molar-refractivity contribution in [3.05, 3.63) is 71.5 Å². The summed E-state index contributed by atoms with van der Waals surface area (Å²) in [6, 6.07) is 13.1. The number of fused-ring (bicyclic) bond motifs is 3. The summed E-state index contributed by atoms with van der Waals surface area (Å²) in [6.07, 6.45) is 7.26. The van der Waals surface area contributed by atoms with Gasteiger partial charge in [0.15, 0.2) is 5.76 Å². The lowest BCUT2D eigenvalue weighted by Crippen LogP contribution is -2.27. The zero-order valence-electron chi connectivity index (χ0n) is 15.5. The summed E-state index contributed by atoms with van der Waals surface area (Å²) in [6.45, 7) is 4.00. The van der Waals surface area contributed by atoms with Crippen LogP contribution in [0.2, 0.25) is 0 Å². The Hall–Kier alpha value is -3.27. The fourth-order valence-corrected chi connectivity index (χ4v) is 3.05. The van der Waals surface area contributed by atoms with Crippen LogP contribution in [0.15, 0.2) is 59.0 Å². The van der Waals surface area contributed by atoms with Crippen molar-refractivity contribution in [1.29, 1.82) is 0 Å². The average Bonchev–Trinajstić information content (AvgIpc) is 3.10. The molecular weight excluding hydrogens is 340 g/mol. The van der Waals surface area contributed by atoms with Crippen LogP contribution in [-0.2, 0) is 0 Å². The van der Waals surface area contributed by atoms with Crippen molar-refractivity contribution in [1.82, 2.24) is 0 Å². The molecule has 0 radical (unpaired) electrons. The molecule has 4 rings (SSSR count). The molecule has 1 aliphatic heterocycles. The number of methoxy groups -OCH3 is 1. The van der Waals surface area contributed by atoms with Crippen molar-refractivity contribution in [2.45, 2.75) is 19.4 Å². The fraction of sp³-hybridized carbons (Fsp3) is 0.174. The van der Waals surface area contributed by atoms with Crippen LogP contribution in [0.25, 0.3) is 23.1 Å². The van der Waals surface area contributed by atoms with E-state index in [0.29, 0.717) is 11.3 Å². The summed E-state index contributed by atoms with van der Waals surface area (Å²) in [5.74, 6) is 1.66. The molecule has 0 N–H and O–H groups in total. The minimum atomic E-state index is -0.354. The molecule has 136 valence electrons. The van der Waals surface area contributed by atoms with Crippen LogP contribution in [0.4, 0.5) is 0 Å². The van der Waals surface area contributed by atoms with E-state index in [1.165, 1.54) is 6.08 Å². The Bertz CT molecular complexity index is 1070. The Balaban J connectivity index is 1.62. The molecule has 2 aromatic carbocycles. The first-order valence-electron chi connectivity index (χ1n) is 8.76. The van der Waals surface area contributed by atoms with Crippen molar-refractivity contribution >= 4 is 28.9 Å². The van der Waals surface area contributed by atoms with E-state index in [-0.39, 0.29) is 11.4 Å². The Kier molecular flexibility index (Phi) is 4.11. The Morgan fingerprint density at radius 1 is 1.11 bits per heavy atom. The molecule has 2 heterocycles. The van der Waals surface area contributed by atoms with Crippen molar-refractivity contribution in [2.24, 2.45) is 0 Å². The second kappa shape index (κ2) is 6.47. The number of ketones is 1. The highest BCUT2D eigenvalue weighted by Crippen LogP contribution is 2.37. The van der Waals surface area contributed by atoms with Crippen molar-refractivity contribution in [3.8, 4) is 11.5 Å². The van der Waals surface area contributed by atoms with E-state index in [1.807, 2.05) is 62.4 Å². The van der Waals surface area contributed by atoms with Gasteiger partial charge in [-0.05, 0) is 68.0 Å². The van der Waals surface area contributed by atoms with Gasteiger partial charge in [0.25, 0.3) is 0 Å². The maximum absolute atomic E-state index is 12.5. The van der Waals surface area contributed by atoms with Gasteiger partial charge in [-0.15, -0.1) is 0 Å².